The van der Waals surface area contributed by atoms with Crippen LogP contribution in [0.2, 0.25) is 0 Å². The minimum absolute atomic E-state index is 0. The molecule has 0 aliphatic rings. The molecule has 0 unspecified atom stereocenters. The predicted octanol–water partition coefficient (Wildman–Crippen LogP) is -13.7. The fourth-order valence-corrected chi connectivity index (χ4v) is 0. The van der Waals surface area contributed by atoms with Gasteiger partial charge in [-0.3, -0.25) is 0 Å². The van der Waals surface area contributed by atoms with Crippen molar-refractivity contribution in [1.29, 1.82) is 0 Å². The summed E-state index contributed by atoms with van der Waals surface area (Å²) in [5, 5.41) is 0. The van der Waals surface area contributed by atoms with Crippen molar-refractivity contribution in [1.82, 2.24) is 0 Å². The predicted molar refractivity (Wildman–Crippen MR) is 0 cm³/mol. The molecule has 0 N–H and O–H groups in total. The van der Waals surface area contributed by atoms with Crippen LogP contribution < -0.4 is 71.5 Å². The van der Waals surface area contributed by atoms with Gasteiger partial charge in [0, 0.05) is 0 Å². The summed E-state index contributed by atoms with van der Waals surface area (Å²) < 4.78 is 75.7. The second kappa shape index (κ2) is 24.4. The van der Waals surface area contributed by atoms with Crippen molar-refractivity contribution >= 4 is 0 Å². The molecule has 14 heavy (non-hydrogen) atoms. The van der Waals surface area contributed by atoms with Crippen LogP contribution in [-0.4, -0.2) is 0 Å². The summed E-state index contributed by atoms with van der Waals surface area (Å²) in [5.74, 6) is 0. The van der Waals surface area contributed by atoms with Crippen molar-refractivity contribution in [2.24, 2.45) is 0 Å². The molecule has 0 saturated heterocycles. The molecule has 0 aliphatic carbocycles. The molecule has 0 aromatic heterocycles. The molecule has 0 aromatic rings. The number of hydrogen-bond acceptors (Lipinski definition) is 9. The Morgan fingerprint density at radius 2 is 0.429 bits per heavy atom. The average Bonchev–Trinajstić information content (AvgIpc) is 1.54. The molecule has 0 aliphatic heterocycles. The van der Waals surface area contributed by atoms with E-state index in [4.69, 9.17) is 41.9 Å². The van der Waals surface area contributed by atoms with E-state index in [1.807, 2.05) is 0 Å². The van der Waals surface area contributed by atoms with Crippen LogP contribution in [0.1, 0.15) is 0 Å². The van der Waals surface area contributed by atoms with Gasteiger partial charge in [0.05, 0.1) is 32.4 Å². The smallest absolute Gasteiger partial charge is 0.357 e. The van der Waals surface area contributed by atoms with Crippen LogP contribution in [0.5, 0.6) is 0 Å². The Balaban J connectivity index is -0.0000000270. The summed E-state index contributed by atoms with van der Waals surface area (Å²) >= 11 is 0. The first-order chi connectivity index (χ1) is 5.20. The number of rotatable bonds is 0. The van der Waals surface area contributed by atoms with Crippen LogP contribution in [0.15, 0.2) is 0 Å². The van der Waals surface area contributed by atoms with Gasteiger partial charge in [-0.15, -0.1) is 0 Å². The Bertz CT molecular complexity index is 48.5. The Hall–Kier alpha value is 2.13. The second-order valence-electron chi connectivity index (χ2n) is 0.567. The minimum atomic E-state index is -2.85. The van der Waals surface area contributed by atoms with Gasteiger partial charge in [0.1, 0.15) is 0 Å². The van der Waals surface area contributed by atoms with Gasteiger partial charge in [0.15, 0.2) is 0 Å². The van der Waals surface area contributed by atoms with Crippen molar-refractivity contribution in [2.45, 2.75) is 0 Å². The molecular weight excluding hydrogens is 339 g/mol. The average molecular weight is 339 g/mol. The van der Waals surface area contributed by atoms with Crippen LogP contribution in [-0.2, 0) is 19.5 Å². The van der Waals surface area contributed by atoms with E-state index in [0.717, 1.165) is 0 Å². The normalized spacial score (nSPS) is 7.71. The molecule has 14 heteroatoms. The Labute approximate surface area is 122 Å². The molecule has 0 bridgehead atoms. The third-order valence-electron chi connectivity index (χ3n) is 0. The SMILES string of the molecule is [Na+].[O-][Cl+2]([O-])[O-].[O-][Cl+2]([O-])[O-].[O-][Cl+2]([O-])[O-].[Zn+2]. The van der Waals surface area contributed by atoms with Crippen molar-refractivity contribution in [3.8, 4) is 0 Å². The zero-order chi connectivity index (χ0) is 10.7. The summed E-state index contributed by atoms with van der Waals surface area (Å²) in [4.78, 5) is 0. The van der Waals surface area contributed by atoms with E-state index >= 15 is 0 Å². The second-order valence-corrected chi connectivity index (χ2v) is 1.70. The summed E-state index contributed by atoms with van der Waals surface area (Å²) in [6, 6.07) is 0. The fourth-order valence-electron chi connectivity index (χ4n) is 0. The van der Waals surface area contributed by atoms with Gasteiger partial charge >= 0.3 is 49.0 Å². The standard InChI is InChI=1S/3ClO3.Na.Zn/c3*2-1(3)4;;/q3*-1;+1;+2. The molecule has 0 saturated carbocycles. The minimum Gasteiger partial charge on any atom is -0.357 e. The Morgan fingerprint density at radius 1 is 0.429 bits per heavy atom. The first-order valence-corrected chi connectivity index (χ1v) is 4.17. The summed E-state index contributed by atoms with van der Waals surface area (Å²) in [6.07, 6.45) is 0. The van der Waals surface area contributed by atoms with Crippen LogP contribution in [0, 0.1) is 32.4 Å². The van der Waals surface area contributed by atoms with Crippen molar-refractivity contribution < 1.29 is 123 Å². The molecule has 9 nitrogen and oxygen atoms in total. The fraction of sp³-hybridized carbons (Fsp3) is 0. The van der Waals surface area contributed by atoms with E-state index in [1.165, 1.54) is 0 Å². The Morgan fingerprint density at radius 3 is 0.429 bits per heavy atom. The molecular formula is Cl3NaO9Zn. The van der Waals surface area contributed by atoms with Gasteiger partial charge in [-0.25, -0.2) is 0 Å². The largest absolute Gasteiger partial charge is 2.00 e. The quantitative estimate of drug-likeness (QED) is 0.383. The van der Waals surface area contributed by atoms with Gasteiger partial charge in [-0.1, -0.05) is 0 Å². The number of halogens is 3. The molecule has 0 amide bonds. The van der Waals surface area contributed by atoms with Gasteiger partial charge in [-0.05, 0) is 0 Å². The maximum Gasteiger partial charge on any atom is 2.00 e. The third kappa shape index (κ3) is 536. The van der Waals surface area contributed by atoms with Gasteiger partial charge in [0.2, 0.25) is 0 Å². The van der Waals surface area contributed by atoms with E-state index in [0.29, 0.717) is 0 Å². The molecule has 78 valence electrons. The van der Waals surface area contributed by atoms with Crippen LogP contribution >= 0.6 is 0 Å². The van der Waals surface area contributed by atoms with Crippen LogP contribution in [0.3, 0.4) is 0 Å². The topological polar surface area (TPSA) is 208 Å². The maximum absolute atomic E-state index is 8.41. The molecule has 0 spiro atoms. The van der Waals surface area contributed by atoms with Crippen molar-refractivity contribution in [3.05, 3.63) is 0 Å². The molecule has 0 radical (unpaired) electrons. The van der Waals surface area contributed by atoms with Gasteiger partial charge < -0.3 is 41.9 Å². The van der Waals surface area contributed by atoms with Crippen LogP contribution in [0.25, 0.3) is 0 Å². The summed E-state index contributed by atoms with van der Waals surface area (Å²) in [7, 11) is -8.56. The van der Waals surface area contributed by atoms with Crippen molar-refractivity contribution in [2.75, 3.05) is 0 Å². The van der Waals surface area contributed by atoms with E-state index in [-0.39, 0.29) is 49.0 Å². The maximum atomic E-state index is 8.41. The van der Waals surface area contributed by atoms with Gasteiger partial charge in [-0.2, -0.15) is 0 Å². The third-order valence-corrected chi connectivity index (χ3v) is 0. The van der Waals surface area contributed by atoms with Crippen molar-refractivity contribution in [3.63, 3.8) is 0 Å². The Kier molecular flexibility index (Phi) is 51.9. The summed E-state index contributed by atoms with van der Waals surface area (Å²) in [6.45, 7) is 0. The molecule has 0 aromatic carbocycles. The first-order valence-electron chi connectivity index (χ1n) is 1.39. The monoisotopic (exact) mass is 336 g/mol. The van der Waals surface area contributed by atoms with E-state index in [1.54, 1.807) is 0 Å². The summed E-state index contributed by atoms with van der Waals surface area (Å²) in [5.41, 5.74) is 0. The molecule has 0 rings (SSSR count). The number of hydrogen-bond donors (Lipinski definition) is 0. The van der Waals surface area contributed by atoms with Crippen LogP contribution in [0.4, 0.5) is 0 Å². The van der Waals surface area contributed by atoms with E-state index < -0.39 is 32.4 Å². The first kappa shape index (κ1) is 29.8. The van der Waals surface area contributed by atoms with E-state index in [2.05, 4.69) is 0 Å². The molecule has 0 atom stereocenters. The zero-order valence-corrected chi connectivity index (χ0v) is 13.8. The van der Waals surface area contributed by atoms with Gasteiger partial charge in [0.25, 0.3) is 0 Å². The zero-order valence-electron chi connectivity index (χ0n) is 6.52. The molecule has 0 fully saturated rings. The molecule has 0 heterocycles. The van der Waals surface area contributed by atoms with E-state index in [9.17, 15) is 0 Å².